The van der Waals surface area contributed by atoms with Gasteiger partial charge in [-0.2, -0.15) is 0 Å². The van der Waals surface area contributed by atoms with Gasteiger partial charge in [0.25, 0.3) is 0 Å². The maximum atomic E-state index is 5.86. The number of hydrogen-bond acceptors (Lipinski definition) is 3. The Morgan fingerprint density at radius 3 is 2.58 bits per heavy atom. The lowest BCUT2D eigenvalue weighted by atomic mass is 9.91. The third-order valence-electron chi connectivity index (χ3n) is 1.94. The minimum Gasteiger partial charge on any atom is -0.388 e. The summed E-state index contributed by atoms with van der Waals surface area (Å²) in [5.41, 5.74) is 5.99. The molecule has 1 aliphatic heterocycles. The van der Waals surface area contributed by atoms with E-state index in [9.17, 15) is 0 Å². The molecular formula is C8H15ClN2O. The first-order valence-corrected chi connectivity index (χ1v) is 4.51. The molecule has 0 radical (unpaired) electrons. The summed E-state index contributed by atoms with van der Waals surface area (Å²) in [5, 5.41) is 3.94. The lowest BCUT2D eigenvalue weighted by molar-refractivity contribution is 0.0152. The molecule has 1 heterocycles. The van der Waals surface area contributed by atoms with Gasteiger partial charge in [0, 0.05) is 6.42 Å². The van der Waals surface area contributed by atoms with E-state index in [1.165, 1.54) is 0 Å². The van der Waals surface area contributed by atoms with Crippen molar-refractivity contribution in [3.05, 3.63) is 0 Å². The van der Waals surface area contributed by atoms with Crippen LogP contribution in [-0.2, 0) is 4.84 Å². The second-order valence-corrected chi connectivity index (χ2v) is 4.38. The standard InChI is InChI=1S/C8H15ClN2O/c1-7(2,10)6-4-8(3,5-9)12-11-6/h4-5,10H2,1-3H3. The van der Waals surface area contributed by atoms with Crippen LogP contribution in [0.5, 0.6) is 0 Å². The van der Waals surface area contributed by atoms with Gasteiger partial charge in [-0.3, -0.25) is 0 Å². The van der Waals surface area contributed by atoms with Crippen LogP contribution < -0.4 is 5.73 Å². The number of nitrogens with zero attached hydrogens (tertiary/aromatic N) is 1. The predicted molar refractivity (Wildman–Crippen MR) is 50.5 cm³/mol. The molecule has 4 heteroatoms. The van der Waals surface area contributed by atoms with Gasteiger partial charge in [-0.15, -0.1) is 11.6 Å². The monoisotopic (exact) mass is 190 g/mol. The van der Waals surface area contributed by atoms with Crippen molar-refractivity contribution in [2.75, 3.05) is 5.88 Å². The van der Waals surface area contributed by atoms with E-state index in [2.05, 4.69) is 5.16 Å². The Kier molecular flexibility index (Phi) is 2.36. The van der Waals surface area contributed by atoms with Crippen molar-refractivity contribution in [3.8, 4) is 0 Å². The van der Waals surface area contributed by atoms with E-state index in [0.717, 1.165) is 12.1 Å². The first-order valence-electron chi connectivity index (χ1n) is 3.98. The minimum absolute atomic E-state index is 0.354. The number of nitrogens with two attached hydrogens (primary N) is 1. The molecule has 0 spiro atoms. The number of rotatable bonds is 2. The van der Waals surface area contributed by atoms with E-state index in [1.807, 2.05) is 20.8 Å². The van der Waals surface area contributed by atoms with E-state index in [-0.39, 0.29) is 5.60 Å². The third kappa shape index (κ3) is 1.90. The van der Waals surface area contributed by atoms with Crippen molar-refractivity contribution in [1.29, 1.82) is 0 Å². The van der Waals surface area contributed by atoms with Crippen LogP contribution >= 0.6 is 11.6 Å². The van der Waals surface area contributed by atoms with Gasteiger partial charge in [-0.05, 0) is 20.8 Å². The smallest absolute Gasteiger partial charge is 0.153 e. The van der Waals surface area contributed by atoms with Crippen LogP contribution in [-0.4, -0.2) is 22.7 Å². The number of hydrogen-bond donors (Lipinski definition) is 1. The van der Waals surface area contributed by atoms with Gasteiger partial charge >= 0.3 is 0 Å². The van der Waals surface area contributed by atoms with E-state index in [0.29, 0.717) is 5.88 Å². The third-order valence-corrected chi connectivity index (χ3v) is 2.51. The number of alkyl halides is 1. The summed E-state index contributed by atoms with van der Waals surface area (Å²) in [7, 11) is 0. The maximum Gasteiger partial charge on any atom is 0.153 e. The summed E-state index contributed by atoms with van der Waals surface area (Å²) in [6.07, 6.45) is 0.722. The Morgan fingerprint density at radius 2 is 2.33 bits per heavy atom. The maximum absolute atomic E-state index is 5.86. The van der Waals surface area contributed by atoms with E-state index in [1.54, 1.807) is 0 Å². The highest BCUT2D eigenvalue weighted by atomic mass is 35.5. The van der Waals surface area contributed by atoms with E-state index >= 15 is 0 Å². The molecule has 0 saturated carbocycles. The van der Waals surface area contributed by atoms with Crippen LogP contribution in [0.1, 0.15) is 27.2 Å². The molecule has 0 fully saturated rings. The quantitative estimate of drug-likeness (QED) is 0.671. The molecule has 3 nitrogen and oxygen atoms in total. The topological polar surface area (TPSA) is 47.6 Å². The minimum atomic E-state index is -0.399. The average molecular weight is 191 g/mol. The molecule has 0 bridgehead atoms. The molecule has 0 aromatic heterocycles. The SMILES string of the molecule is CC1(CCl)CC(C(C)(C)N)=NO1. The molecule has 70 valence electrons. The van der Waals surface area contributed by atoms with Gasteiger partial charge in [0.2, 0.25) is 0 Å². The zero-order chi connectivity index (χ0) is 9.41. The average Bonchev–Trinajstić information content (AvgIpc) is 2.32. The van der Waals surface area contributed by atoms with Crippen LogP contribution in [0.3, 0.4) is 0 Å². The Labute approximate surface area is 77.9 Å². The lowest BCUT2D eigenvalue weighted by Gasteiger charge is -2.20. The molecule has 1 unspecified atom stereocenters. The number of halogens is 1. The Bertz CT molecular complexity index is 210. The van der Waals surface area contributed by atoms with Gasteiger partial charge in [0.15, 0.2) is 5.60 Å². The molecule has 0 aliphatic carbocycles. The summed E-state index contributed by atoms with van der Waals surface area (Å²) in [6, 6.07) is 0. The van der Waals surface area contributed by atoms with Gasteiger partial charge < -0.3 is 10.6 Å². The summed E-state index contributed by atoms with van der Waals surface area (Å²) in [6.45, 7) is 5.76. The van der Waals surface area contributed by atoms with Crippen molar-refractivity contribution in [2.24, 2.45) is 10.9 Å². The molecule has 0 saturated heterocycles. The summed E-state index contributed by atoms with van der Waals surface area (Å²) < 4.78 is 0. The lowest BCUT2D eigenvalue weighted by Crippen LogP contribution is -2.42. The van der Waals surface area contributed by atoms with Crippen LogP contribution in [0, 0.1) is 0 Å². The molecule has 1 atom stereocenters. The van der Waals surface area contributed by atoms with Gasteiger partial charge in [-0.25, -0.2) is 0 Å². The molecule has 12 heavy (non-hydrogen) atoms. The van der Waals surface area contributed by atoms with Crippen LogP contribution in [0.2, 0.25) is 0 Å². The molecule has 1 rings (SSSR count). The fourth-order valence-electron chi connectivity index (χ4n) is 1.00. The highest BCUT2D eigenvalue weighted by Crippen LogP contribution is 2.27. The molecule has 0 aromatic rings. The first kappa shape index (κ1) is 9.81. The van der Waals surface area contributed by atoms with Crippen molar-refractivity contribution in [3.63, 3.8) is 0 Å². The van der Waals surface area contributed by atoms with Crippen LogP contribution in [0.25, 0.3) is 0 Å². The van der Waals surface area contributed by atoms with Crippen molar-refractivity contribution in [1.82, 2.24) is 0 Å². The Morgan fingerprint density at radius 1 is 1.75 bits per heavy atom. The first-order chi connectivity index (χ1) is 5.37. The largest absolute Gasteiger partial charge is 0.388 e. The molecule has 0 amide bonds. The highest BCUT2D eigenvalue weighted by molar-refractivity contribution is 6.18. The van der Waals surface area contributed by atoms with Gasteiger partial charge in [0.05, 0.1) is 17.1 Å². The molecule has 2 N–H and O–H groups in total. The molecular weight excluding hydrogens is 176 g/mol. The Hall–Kier alpha value is -0.280. The van der Waals surface area contributed by atoms with Gasteiger partial charge in [-0.1, -0.05) is 5.16 Å². The Balaban J connectivity index is 2.66. The van der Waals surface area contributed by atoms with Gasteiger partial charge in [0.1, 0.15) is 0 Å². The highest BCUT2D eigenvalue weighted by Gasteiger charge is 2.38. The zero-order valence-corrected chi connectivity index (χ0v) is 8.48. The van der Waals surface area contributed by atoms with E-state index in [4.69, 9.17) is 22.2 Å². The fourth-order valence-corrected chi connectivity index (χ4v) is 1.14. The van der Waals surface area contributed by atoms with Crippen molar-refractivity contribution >= 4 is 17.3 Å². The summed E-state index contributed by atoms with van der Waals surface area (Å²) in [5.74, 6) is 0.441. The zero-order valence-electron chi connectivity index (χ0n) is 7.72. The fraction of sp³-hybridized carbons (Fsp3) is 0.875. The normalized spacial score (nSPS) is 29.9. The van der Waals surface area contributed by atoms with Crippen molar-refractivity contribution in [2.45, 2.75) is 38.3 Å². The van der Waals surface area contributed by atoms with E-state index < -0.39 is 5.54 Å². The number of oxime groups is 1. The second kappa shape index (κ2) is 2.89. The molecule has 1 aliphatic rings. The predicted octanol–water partition coefficient (Wildman–Crippen LogP) is 1.50. The van der Waals surface area contributed by atoms with Crippen molar-refractivity contribution < 1.29 is 4.84 Å². The second-order valence-electron chi connectivity index (χ2n) is 4.11. The van der Waals surface area contributed by atoms with Crippen LogP contribution in [0.15, 0.2) is 5.16 Å². The summed E-state index contributed by atoms with van der Waals surface area (Å²) in [4.78, 5) is 5.20. The van der Waals surface area contributed by atoms with Crippen LogP contribution in [0.4, 0.5) is 0 Å². The summed E-state index contributed by atoms with van der Waals surface area (Å²) >= 11 is 5.73. The molecule has 0 aromatic carbocycles.